The van der Waals surface area contributed by atoms with E-state index >= 15 is 0 Å². The molecule has 0 aliphatic rings. The van der Waals surface area contributed by atoms with Crippen molar-refractivity contribution in [1.29, 1.82) is 0 Å². The Balaban J connectivity index is 1.54. The molecule has 0 aliphatic heterocycles. The normalized spacial score (nSPS) is 11.0. The number of anilines is 1. The predicted octanol–water partition coefficient (Wildman–Crippen LogP) is 3.75. The smallest absolute Gasteiger partial charge is 0.265 e. The number of benzene rings is 1. The van der Waals surface area contributed by atoms with E-state index in [4.69, 9.17) is 0 Å². The molecular formula is C18H15N5OS. The molecule has 7 heteroatoms. The second-order valence-corrected chi connectivity index (χ2v) is 6.80. The van der Waals surface area contributed by atoms with Crippen LogP contribution in [0.5, 0.6) is 0 Å². The van der Waals surface area contributed by atoms with E-state index in [1.807, 2.05) is 50.2 Å². The highest BCUT2D eigenvalue weighted by Gasteiger charge is 2.12. The van der Waals surface area contributed by atoms with Crippen LogP contribution in [0, 0.1) is 13.8 Å². The van der Waals surface area contributed by atoms with Gasteiger partial charge in [-0.1, -0.05) is 18.2 Å². The number of aromatic nitrogens is 4. The van der Waals surface area contributed by atoms with Crippen molar-refractivity contribution in [3.05, 3.63) is 65.1 Å². The number of hydrogen-bond acceptors (Lipinski definition) is 5. The molecule has 0 aliphatic carbocycles. The molecule has 1 aromatic carbocycles. The highest BCUT2D eigenvalue weighted by Crippen LogP contribution is 2.25. The summed E-state index contributed by atoms with van der Waals surface area (Å²) in [4.78, 5) is 21.7. The molecule has 0 bridgehead atoms. The Morgan fingerprint density at radius 3 is 2.56 bits per heavy atom. The Morgan fingerprint density at radius 1 is 1.12 bits per heavy atom. The zero-order valence-corrected chi connectivity index (χ0v) is 14.5. The second kappa shape index (κ2) is 6.10. The molecular weight excluding hydrogens is 334 g/mol. The number of amides is 1. The highest BCUT2D eigenvalue weighted by atomic mass is 32.1. The van der Waals surface area contributed by atoms with Crippen LogP contribution in [0.15, 0.2) is 48.8 Å². The van der Waals surface area contributed by atoms with Gasteiger partial charge < -0.3 is 5.32 Å². The first kappa shape index (κ1) is 15.5. The van der Waals surface area contributed by atoms with Crippen LogP contribution in [-0.4, -0.2) is 25.7 Å². The number of rotatable bonds is 3. The Hall–Kier alpha value is -3.06. The molecule has 4 aromatic rings. The lowest BCUT2D eigenvalue weighted by molar-refractivity contribution is 0.103. The minimum atomic E-state index is -0.163. The van der Waals surface area contributed by atoms with Gasteiger partial charge in [0.2, 0.25) is 0 Å². The Labute approximate surface area is 148 Å². The maximum Gasteiger partial charge on any atom is 0.265 e. The van der Waals surface area contributed by atoms with Gasteiger partial charge in [0.15, 0.2) is 0 Å². The van der Waals surface area contributed by atoms with Gasteiger partial charge in [-0.2, -0.15) is 5.10 Å². The van der Waals surface area contributed by atoms with E-state index in [2.05, 4.69) is 20.4 Å². The number of fused-ring (bicyclic) bond motifs is 1. The minimum Gasteiger partial charge on any atom is -0.319 e. The first-order valence-electron chi connectivity index (χ1n) is 7.76. The summed E-state index contributed by atoms with van der Waals surface area (Å²) in [5.74, 6) is 0.314. The van der Waals surface area contributed by atoms with Crippen LogP contribution < -0.4 is 5.32 Å². The fraction of sp³-hybridized carbons (Fsp3) is 0.111. The summed E-state index contributed by atoms with van der Waals surface area (Å²) in [7, 11) is 0. The molecule has 0 atom stereocenters. The van der Waals surface area contributed by atoms with Crippen LogP contribution in [0.4, 0.5) is 5.69 Å². The monoisotopic (exact) mass is 349 g/mol. The van der Waals surface area contributed by atoms with Crippen LogP contribution in [-0.2, 0) is 0 Å². The van der Waals surface area contributed by atoms with Crippen LogP contribution in [0.25, 0.3) is 16.0 Å². The van der Waals surface area contributed by atoms with Crippen molar-refractivity contribution in [3.8, 4) is 5.95 Å². The molecule has 0 spiro atoms. The summed E-state index contributed by atoms with van der Waals surface area (Å²) in [6.45, 7) is 3.86. The molecule has 0 saturated heterocycles. The average molecular weight is 349 g/mol. The molecule has 124 valence electrons. The molecule has 1 amide bonds. The van der Waals surface area contributed by atoms with E-state index in [-0.39, 0.29) is 5.91 Å². The van der Waals surface area contributed by atoms with Crippen LogP contribution in [0.3, 0.4) is 0 Å². The van der Waals surface area contributed by atoms with E-state index in [9.17, 15) is 4.79 Å². The fourth-order valence-corrected chi connectivity index (χ4v) is 3.57. The molecule has 4 rings (SSSR count). The molecule has 1 N–H and O–H groups in total. The molecule has 3 heterocycles. The maximum atomic E-state index is 12.4. The molecule has 0 radical (unpaired) electrons. The van der Waals surface area contributed by atoms with Crippen molar-refractivity contribution in [3.63, 3.8) is 0 Å². The lowest BCUT2D eigenvalue weighted by atomic mass is 10.2. The highest BCUT2D eigenvalue weighted by molar-refractivity contribution is 7.20. The van der Waals surface area contributed by atoms with Crippen molar-refractivity contribution < 1.29 is 4.79 Å². The van der Waals surface area contributed by atoms with Gasteiger partial charge >= 0.3 is 0 Å². The zero-order chi connectivity index (χ0) is 17.4. The molecule has 25 heavy (non-hydrogen) atoms. The standard InChI is InChI=1S/C18H15N5OS/c1-11-7-12(2)23(22-11)18-19-9-14(10-20-18)21-17(24)16-8-13-5-3-4-6-15(13)25-16/h3-10H,1-2H3,(H,21,24). The molecule has 0 saturated carbocycles. The van der Waals surface area contributed by atoms with Gasteiger partial charge in [-0.25, -0.2) is 14.6 Å². The molecule has 6 nitrogen and oxygen atoms in total. The third-order valence-corrected chi connectivity index (χ3v) is 4.86. The summed E-state index contributed by atoms with van der Waals surface area (Å²) in [5.41, 5.74) is 2.41. The molecule has 0 unspecified atom stereocenters. The van der Waals surface area contributed by atoms with E-state index < -0.39 is 0 Å². The van der Waals surface area contributed by atoms with Crippen LogP contribution in [0.2, 0.25) is 0 Å². The number of nitrogens with one attached hydrogen (secondary N) is 1. The zero-order valence-electron chi connectivity index (χ0n) is 13.7. The first-order chi connectivity index (χ1) is 12.1. The first-order valence-corrected chi connectivity index (χ1v) is 8.57. The van der Waals surface area contributed by atoms with Gasteiger partial charge in [0.25, 0.3) is 11.9 Å². The third kappa shape index (κ3) is 3.01. The fourth-order valence-electron chi connectivity index (χ4n) is 2.61. The summed E-state index contributed by atoms with van der Waals surface area (Å²) in [5, 5.41) is 8.25. The number of aryl methyl sites for hydroxylation is 2. The summed E-state index contributed by atoms with van der Waals surface area (Å²) in [6.07, 6.45) is 3.17. The second-order valence-electron chi connectivity index (χ2n) is 5.71. The van der Waals surface area contributed by atoms with Crippen LogP contribution in [0.1, 0.15) is 21.1 Å². The quantitative estimate of drug-likeness (QED) is 0.611. The average Bonchev–Trinajstić information content (AvgIpc) is 3.18. The van der Waals surface area contributed by atoms with E-state index in [1.54, 1.807) is 17.1 Å². The van der Waals surface area contributed by atoms with Gasteiger partial charge in [-0.3, -0.25) is 4.79 Å². The van der Waals surface area contributed by atoms with Gasteiger partial charge in [0, 0.05) is 10.4 Å². The molecule has 3 aromatic heterocycles. The van der Waals surface area contributed by atoms with Crippen molar-refractivity contribution in [2.24, 2.45) is 0 Å². The van der Waals surface area contributed by atoms with Gasteiger partial charge in [-0.05, 0) is 37.4 Å². The third-order valence-electron chi connectivity index (χ3n) is 3.74. The summed E-state index contributed by atoms with van der Waals surface area (Å²) >= 11 is 1.46. The van der Waals surface area contributed by atoms with Crippen molar-refractivity contribution in [2.75, 3.05) is 5.32 Å². The Kier molecular flexibility index (Phi) is 3.77. The number of hydrogen-bond donors (Lipinski definition) is 1. The SMILES string of the molecule is Cc1cc(C)n(-c2ncc(NC(=O)c3cc4ccccc4s3)cn2)n1. The van der Waals surface area contributed by atoms with E-state index in [0.717, 1.165) is 21.5 Å². The van der Waals surface area contributed by atoms with E-state index in [0.29, 0.717) is 16.5 Å². The Morgan fingerprint density at radius 2 is 1.88 bits per heavy atom. The number of thiophene rings is 1. The minimum absolute atomic E-state index is 0.163. The van der Waals surface area contributed by atoms with Gasteiger partial charge in [0.1, 0.15) is 0 Å². The summed E-state index contributed by atoms with van der Waals surface area (Å²) in [6, 6.07) is 11.8. The maximum absolute atomic E-state index is 12.4. The van der Waals surface area contributed by atoms with E-state index in [1.165, 1.54) is 11.3 Å². The summed E-state index contributed by atoms with van der Waals surface area (Å²) < 4.78 is 2.76. The van der Waals surface area contributed by atoms with Gasteiger partial charge in [-0.15, -0.1) is 11.3 Å². The van der Waals surface area contributed by atoms with Crippen molar-refractivity contribution in [1.82, 2.24) is 19.7 Å². The largest absolute Gasteiger partial charge is 0.319 e. The predicted molar refractivity (Wildman–Crippen MR) is 98.4 cm³/mol. The van der Waals surface area contributed by atoms with Crippen LogP contribution >= 0.6 is 11.3 Å². The lowest BCUT2D eigenvalue weighted by Crippen LogP contribution is -2.12. The number of carbonyl (C=O) groups excluding carboxylic acids is 1. The van der Waals surface area contributed by atoms with Crippen molar-refractivity contribution in [2.45, 2.75) is 13.8 Å². The molecule has 0 fully saturated rings. The van der Waals surface area contributed by atoms with Gasteiger partial charge in [0.05, 0.1) is 28.7 Å². The lowest BCUT2D eigenvalue weighted by Gasteiger charge is -2.05. The topological polar surface area (TPSA) is 72.7 Å². The Bertz CT molecular complexity index is 1030. The van der Waals surface area contributed by atoms with Crippen molar-refractivity contribution >= 4 is 33.0 Å². The number of carbonyl (C=O) groups is 1. The number of nitrogens with zero attached hydrogens (tertiary/aromatic N) is 4.